The van der Waals surface area contributed by atoms with Gasteiger partial charge in [0.1, 0.15) is 11.4 Å². The van der Waals surface area contributed by atoms with Crippen molar-refractivity contribution in [2.75, 3.05) is 5.32 Å². The van der Waals surface area contributed by atoms with Gasteiger partial charge >= 0.3 is 12.1 Å². The summed E-state index contributed by atoms with van der Waals surface area (Å²) < 4.78 is 39.1. The van der Waals surface area contributed by atoms with Crippen LogP contribution in [0.5, 0.6) is 0 Å². The number of aromatic nitrogens is 1. The van der Waals surface area contributed by atoms with Gasteiger partial charge in [-0.15, -0.1) is 0 Å². The highest BCUT2D eigenvalue weighted by Gasteiger charge is 2.33. The van der Waals surface area contributed by atoms with Gasteiger partial charge in [0.25, 0.3) is 0 Å². The number of benzene rings is 1. The number of halogens is 3. The lowest BCUT2D eigenvalue weighted by molar-refractivity contribution is -0.138. The standard InChI is InChI=1S/C15H13F3N2O2/c1-2-9-11(15(16,17)18)6-3-7-12(9)20-13-10(14(21)22)5-4-8-19-13/h3-8H,2H2,1H3,(H,19,20)(H,21,22). The van der Waals surface area contributed by atoms with Gasteiger partial charge in [0, 0.05) is 11.9 Å². The number of pyridine rings is 1. The lowest BCUT2D eigenvalue weighted by atomic mass is 10.0. The van der Waals surface area contributed by atoms with Gasteiger partial charge in [-0.2, -0.15) is 13.2 Å². The Hall–Kier alpha value is -2.57. The van der Waals surface area contributed by atoms with Gasteiger partial charge in [-0.05, 0) is 36.2 Å². The van der Waals surface area contributed by atoms with Gasteiger partial charge in [-0.1, -0.05) is 13.0 Å². The van der Waals surface area contributed by atoms with E-state index in [-0.39, 0.29) is 29.1 Å². The lowest BCUT2D eigenvalue weighted by Crippen LogP contribution is -2.12. The molecule has 116 valence electrons. The Bertz CT molecular complexity index is 699. The number of hydrogen-bond acceptors (Lipinski definition) is 3. The predicted octanol–water partition coefficient (Wildman–Crippen LogP) is 4.10. The molecule has 0 fully saturated rings. The normalized spacial score (nSPS) is 11.3. The molecule has 0 radical (unpaired) electrons. The third-order valence-corrected chi connectivity index (χ3v) is 3.13. The minimum Gasteiger partial charge on any atom is -0.478 e. The van der Waals surface area contributed by atoms with Crippen molar-refractivity contribution in [1.29, 1.82) is 0 Å². The molecule has 1 aromatic heterocycles. The van der Waals surface area contributed by atoms with Crippen molar-refractivity contribution in [2.24, 2.45) is 0 Å². The Kier molecular flexibility index (Phi) is 4.35. The second-order valence-electron chi connectivity index (χ2n) is 4.51. The summed E-state index contributed by atoms with van der Waals surface area (Å²) in [6.07, 6.45) is -2.95. The van der Waals surface area contributed by atoms with E-state index in [0.29, 0.717) is 0 Å². The summed E-state index contributed by atoms with van der Waals surface area (Å²) in [4.78, 5) is 15.0. The van der Waals surface area contributed by atoms with Crippen LogP contribution in [0, 0.1) is 0 Å². The molecule has 7 heteroatoms. The average Bonchev–Trinajstić information content (AvgIpc) is 2.46. The molecule has 2 rings (SSSR count). The SMILES string of the molecule is CCc1c(Nc2ncccc2C(=O)O)cccc1C(F)(F)F. The summed E-state index contributed by atoms with van der Waals surface area (Å²) in [5.41, 5.74) is -0.592. The van der Waals surface area contributed by atoms with E-state index < -0.39 is 17.7 Å². The quantitative estimate of drug-likeness (QED) is 0.892. The Labute approximate surface area is 124 Å². The number of carboxylic acid groups (broad SMARTS) is 1. The molecule has 0 aliphatic carbocycles. The highest BCUT2D eigenvalue weighted by molar-refractivity contribution is 5.94. The third kappa shape index (κ3) is 3.19. The van der Waals surface area contributed by atoms with Gasteiger partial charge in [-0.3, -0.25) is 0 Å². The molecule has 1 heterocycles. The maximum absolute atomic E-state index is 13.0. The maximum atomic E-state index is 13.0. The van der Waals surface area contributed by atoms with Crippen LogP contribution in [0.25, 0.3) is 0 Å². The molecule has 1 aromatic carbocycles. The first-order valence-electron chi connectivity index (χ1n) is 6.49. The molecule has 22 heavy (non-hydrogen) atoms. The van der Waals surface area contributed by atoms with E-state index >= 15 is 0 Å². The summed E-state index contributed by atoms with van der Waals surface area (Å²) >= 11 is 0. The van der Waals surface area contributed by atoms with Crippen molar-refractivity contribution in [2.45, 2.75) is 19.5 Å². The summed E-state index contributed by atoms with van der Waals surface area (Å²) in [6, 6.07) is 6.51. The van der Waals surface area contributed by atoms with E-state index in [0.717, 1.165) is 6.07 Å². The van der Waals surface area contributed by atoms with Gasteiger partial charge in [-0.25, -0.2) is 9.78 Å². The Morgan fingerprint density at radius 3 is 2.59 bits per heavy atom. The fraction of sp³-hybridized carbons (Fsp3) is 0.200. The van der Waals surface area contributed by atoms with Crippen molar-refractivity contribution < 1.29 is 23.1 Å². The number of carbonyl (C=O) groups is 1. The average molecular weight is 310 g/mol. The van der Waals surface area contributed by atoms with Crippen LogP contribution in [0.2, 0.25) is 0 Å². The Morgan fingerprint density at radius 2 is 2.00 bits per heavy atom. The van der Waals surface area contributed by atoms with Crippen molar-refractivity contribution in [3.05, 3.63) is 53.2 Å². The zero-order valence-corrected chi connectivity index (χ0v) is 11.6. The molecule has 2 N–H and O–H groups in total. The van der Waals surface area contributed by atoms with Crippen LogP contribution in [0.4, 0.5) is 24.7 Å². The van der Waals surface area contributed by atoms with Gasteiger partial charge in [0.05, 0.1) is 5.56 Å². The van der Waals surface area contributed by atoms with Crippen LogP contribution in [-0.2, 0) is 12.6 Å². The van der Waals surface area contributed by atoms with E-state index in [9.17, 15) is 18.0 Å². The zero-order chi connectivity index (χ0) is 16.3. The van der Waals surface area contributed by atoms with Crippen LogP contribution >= 0.6 is 0 Å². The van der Waals surface area contributed by atoms with E-state index in [1.54, 1.807) is 6.92 Å². The highest BCUT2D eigenvalue weighted by atomic mass is 19.4. The third-order valence-electron chi connectivity index (χ3n) is 3.13. The second kappa shape index (κ2) is 6.05. The number of alkyl halides is 3. The fourth-order valence-electron chi connectivity index (χ4n) is 2.16. The summed E-state index contributed by atoms with van der Waals surface area (Å²) in [5.74, 6) is -1.20. The van der Waals surface area contributed by atoms with Gasteiger partial charge in [0.2, 0.25) is 0 Å². The number of hydrogen-bond donors (Lipinski definition) is 2. The van der Waals surface area contributed by atoms with Crippen molar-refractivity contribution in [3.63, 3.8) is 0 Å². The van der Waals surface area contributed by atoms with Crippen LogP contribution < -0.4 is 5.32 Å². The highest BCUT2D eigenvalue weighted by Crippen LogP contribution is 2.36. The molecule has 0 aliphatic rings. The molecule has 4 nitrogen and oxygen atoms in total. The molecule has 0 saturated heterocycles. The Morgan fingerprint density at radius 1 is 1.27 bits per heavy atom. The maximum Gasteiger partial charge on any atom is 0.416 e. The predicted molar refractivity (Wildman–Crippen MR) is 75.3 cm³/mol. The van der Waals surface area contributed by atoms with Gasteiger partial charge < -0.3 is 10.4 Å². The summed E-state index contributed by atoms with van der Waals surface area (Å²) in [5, 5.41) is 11.8. The number of carboxylic acids is 1. The first kappa shape index (κ1) is 15.8. The summed E-state index contributed by atoms with van der Waals surface area (Å²) in [6.45, 7) is 1.60. The number of rotatable bonds is 4. The molecule has 2 aromatic rings. The molecule has 0 bridgehead atoms. The topological polar surface area (TPSA) is 62.2 Å². The lowest BCUT2D eigenvalue weighted by Gasteiger charge is -2.17. The number of anilines is 2. The van der Waals surface area contributed by atoms with E-state index in [1.807, 2.05) is 0 Å². The van der Waals surface area contributed by atoms with Gasteiger partial charge in [0.15, 0.2) is 0 Å². The molecule has 0 unspecified atom stereocenters. The first-order valence-corrected chi connectivity index (χ1v) is 6.49. The van der Waals surface area contributed by atoms with Crippen molar-refractivity contribution >= 4 is 17.5 Å². The molecule has 0 spiro atoms. The monoisotopic (exact) mass is 310 g/mol. The number of nitrogens with one attached hydrogen (secondary N) is 1. The molecular formula is C15H13F3N2O2. The minimum absolute atomic E-state index is 0.00373. The smallest absolute Gasteiger partial charge is 0.416 e. The molecule has 0 saturated carbocycles. The second-order valence-corrected chi connectivity index (χ2v) is 4.51. The van der Waals surface area contributed by atoms with Crippen LogP contribution in [-0.4, -0.2) is 16.1 Å². The molecule has 0 atom stereocenters. The summed E-state index contributed by atoms with van der Waals surface area (Å²) in [7, 11) is 0. The van der Waals surface area contributed by atoms with Crippen LogP contribution in [0.1, 0.15) is 28.4 Å². The van der Waals surface area contributed by atoms with Crippen molar-refractivity contribution in [3.8, 4) is 0 Å². The van der Waals surface area contributed by atoms with E-state index in [4.69, 9.17) is 5.11 Å². The number of nitrogens with zero attached hydrogens (tertiary/aromatic N) is 1. The zero-order valence-electron chi connectivity index (χ0n) is 11.6. The molecule has 0 amide bonds. The van der Waals surface area contributed by atoms with Crippen molar-refractivity contribution in [1.82, 2.24) is 4.98 Å². The Balaban J connectivity index is 2.49. The van der Waals surface area contributed by atoms with E-state index in [1.165, 1.54) is 30.5 Å². The fourth-order valence-corrected chi connectivity index (χ4v) is 2.16. The van der Waals surface area contributed by atoms with Crippen LogP contribution in [0.3, 0.4) is 0 Å². The largest absolute Gasteiger partial charge is 0.478 e. The minimum atomic E-state index is -4.47. The molecule has 0 aliphatic heterocycles. The molecular weight excluding hydrogens is 297 g/mol. The number of aromatic carboxylic acids is 1. The van der Waals surface area contributed by atoms with Crippen LogP contribution in [0.15, 0.2) is 36.5 Å². The first-order chi connectivity index (χ1) is 10.3. The van der Waals surface area contributed by atoms with E-state index in [2.05, 4.69) is 10.3 Å².